The summed E-state index contributed by atoms with van der Waals surface area (Å²) in [5.41, 5.74) is 1.39. The lowest BCUT2D eigenvalue weighted by molar-refractivity contribution is -0.119. The Morgan fingerprint density at radius 2 is 1.76 bits per heavy atom. The molecule has 0 aliphatic carbocycles. The Morgan fingerprint density at radius 1 is 1.03 bits per heavy atom. The van der Waals surface area contributed by atoms with Crippen LogP contribution in [0.15, 0.2) is 54.7 Å². The molecule has 1 saturated heterocycles. The summed E-state index contributed by atoms with van der Waals surface area (Å²) in [4.78, 5) is 25.3. The van der Waals surface area contributed by atoms with Gasteiger partial charge in [-0.3, -0.25) is 4.79 Å². The number of methoxy groups -OCH3 is 3. The lowest BCUT2D eigenvalue weighted by atomic mass is 9.87. The molecule has 1 heterocycles. The summed E-state index contributed by atoms with van der Waals surface area (Å²) in [7, 11) is 4.58. The molecule has 1 aliphatic rings. The van der Waals surface area contributed by atoms with Crippen LogP contribution in [-0.2, 0) is 4.79 Å². The summed E-state index contributed by atoms with van der Waals surface area (Å²) in [5.74, 6) is 0.444. The van der Waals surface area contributed by atoms with Crippen LogP contribution in [0.1, 0.15) is 11.6 Å². The number of anilines is 1. The third-order valence-electron chi connectivity index (χ3n) is 4.69. The maximum atomic E-state index is 13.2. The fraction of sp³-hybridized carbons (Fsp3) is 0.238. The molecule has 2 aromatic rings. The van der Waals surface area contributed by atoms with E-state index in [-0.39, 0.29) is 11.6 Å². The van der Waals surface area contributed by atoms with Crippen LogP contribution < -0.4 is 30.2 Å². The van der Waals surface area contributed by atoms with Gasteiger partial charge < -0.3 is 30.2 Å². The SMILES string of the molecule is C=C1NC(=O)N[C@H](c2cc(OC)ccc2OC)[C@H]1C(=O)Nc1ccccc1OC. The Bertz CT molecular complexity index is 944. The number of hydrogen-bond acceptors (Lipinski definition) is 5. The lowest BCUT2D eigenvalue weighted by Crippen LogP contribution is -2.51. The third-order valence-corrected chi connectivity index (χ3v) is 4.69. The Balaban J connectivity index is 1.99. The second-order valence-corrected chi connectivity index (χ2v) is 6.38. The van der Waals surface area contributed by atoms with Crippen molar-refractivity contribution in [2.75, 3.05) is 26.6 Å². The molecule has 29 heavy (non-hydrogen) atoms. The number of para-hydroxylation sites is 2. The van der Waals surface area contributed by atoms with Gasteiger partial charge in [0.05, 0.1) is 33.1 Å². The van der Waals surface area contributed by atoms with E-state index in [4.69, 9.17) is 14.2 Å². The van der Waals surface area contributed by atoms with E-state index in [2.05, 4.69) is 22.5 Å². The highest BCUT2D eigenvalue weighted by molar-refractivity contribution is 5.98. The summed E-state index contributed by atoms with van der Waals surface area (Å²) in [6.45, 7) is 3.89. The predicted molar refractivity (Wildman–Crippen MR) is 108 cm³/mol. The highest BCUT2D eigenvalue weighted by atomic mass is 16.5. The van der Waals surface area contributed by atoms with Gasteiger partial charge in [-0.2, -0.15) is 0 Å². The number of amides is 3. The van der Waals surface area contributed by atoms with Crippen LogP contribution in [0.25, 0.3) is 0 Å². The Morgan fingerprint density at radius 3 is 2.45 bits per heavy atom. The van der Waals surface area contributed by atoms with Gasteiger partial charge in [-0.25, -0.2) is 4.79 Å². The van der Waals surface area contributed by atoms with E-state index in [1.54, 1.807) is 42.5 Å². The molecule has 8 nitrogen and oxygen atoms in total. The molecule has 2 aromatic carbocycles. The minimum Gasteiger partial charge on any atom is -0.497 e. The van der Waals surface area contributed by atoms with E-state index in [1.807, 2.05) is 0 Å². The van der Waals surface area contributed by atoms with Crippen molar-refractivity contribution in [3.05, 3.63) is 60.3 Å². The average Bonchev–Trinajstić information content (AvgIpc) is 2.72. The topological polar surface area (TPSA) is 97.9 Å². The largest absolute Gasteiger partial charge is 0.497 e. The van der Waals surface area contributed by atoms with Gasteiger partial charge in [0.15, 0.2) is 0 Å². The first-order valence-electron chi connectivity index (χ1n) is 8.90. The van der Waals surface area contributed by atoms with E-state index in [1.165, 1.54) is 21.3 Å². The van der Waals surface area contributed by atoms with Crippen molar-refractivity contribution in [3.63, 3.8) is 0 Å². The number of carbonyl (C=O) groups excluding carboxylic acids is 2. The van der Waals surface area contributed by atoms with Gasteiger partial charge in [0, 0.05) is 11.3 Å². The van der Waals surface area contributed by atoms with Crippen LogP contribution >= 0.6 is 0 Å². The van der Waals surface area contributed by atoms with Crippen molar-refractivity contribution >= 4 is 17.6 Å². The molecule has 1 fully saturated rings. The standard InChI is InChI=1S/C21H23N3O5/c1-12-18(20(25)23-15-7-5-6-8-17(15)29-4)19(24-21(26)22-12)14-11-13(27-2)9-10-16(14)28-3/h5-11,18-19H,1H2,2-4H3,(H,23,25)(H2,22,24,26)/t18-,19+/m0/s1. The van der Waals surface area contributed by atoms with Gasteiger partial charge in [-0.05, 0) is 30.3 Å². The molecule has 8 heteroatoms. The van der Waals surface area contributed by atoms with E-state index in [9.17, 15) is 9.59 Å². The molecule has 0 aromatic heterocycles. The van der Waals surface area contributed by atoms with Gasteiger partial charge in [0.1, 0.15) is 23.2 Å². The first-order valence-corrected chi connectivity index (χ1v) is 8.90. The van der Waals surface area contributed by atoms with Crippen molar-refractivity contribution < 1.29 is 23.8 Å². The van der Waals surface area contributed by atoms with Crippen molar-refractivity contribution in [1.82, 2.24) is 10.6 Å². The zero-order chi connectivity index (χ0) is 21.0. The summed E-state index contributed by atoms with van der Waals surface area (Å²) in [5, 5.41) is 8.23. The summed E-state index contributed by atoms with van der Waals surface area (Å²) >= 11 is 0. The van der Waals surface area contributed by atoms with Crippen molar-refractivity contribution in [3.8, 4) is 17.2 Å². The quantitative estimate of drug-likeness (QED) is 0.696. The van der Waals surface area contributed by atoms with Gasteiger partial charge in [0.2, 0.25) is 5.91 Å². The van der Waals surface area contributed by atoms with Gasteiger partial charge in [0.25, 0.3) is 0 Å². The summed E-state index contributed by atoms with van der Waals surface area (Å²) in [6.07, 6.45) is 0. The summed E-state index contributed by atoms with van der Waals surface area (Å²) < 4.78 is 16.0. The number of rotatable bonds is 6. The van der Waals surface area contributed by atoms with Crippen molar-refractivity contribution in [2.45, 2.75) is 6.04 Å². The molecule has 3 rings (SSSR count). The number of ether oxygens (including phenoxy) is 3. The highest BCUT2D eigenvalue weighted by Gasteiger charge is 2.39. The minimum absolute atomic E-state index is 0.274. The highest BCUT2D eigenvalue weighted by Crippen LogP contribution is 2.38. The van der Waals surface area contributed by atoms with Crippen LogP contribution in [-0.4, -0.2) is 33.3 Å². The van der Waals surface area contributed by atoms with E-state index in [0.717, 1.165) is 0 Å². The molecule has 3 amide bonds. The molecule has 0 spiro atoms. The fourth-order valence-corrected chi connectivity index (χ4v) is 3.29. The number of carbonyl (C=O) groups is 2. The van der Waals surface area contributed by atoms with E-state index < -0.39 is 18.0 Å². The molecular weight excluding hydrogens is 374 g/mol. The third kappa shape index (κ3) is 4.11. The normalized spacial score (nSPS) is 18.3. The number of benzene rings is 2. The monoisotopic (exact) mass is 397 g/mol. The Hall–Kier alpha value is -3.68. The number of urea groups is 1. The Kier molecular flexibility index (Phi) is 5.92. The second-order valence-electron chi connectivity index (χ2n) is 6.38. The zero-order valence-corrected chi connectivity index (χ0v) is 16.4. The van der Waals surface area contributed by atoms with Gasteiger partial charge in [-0.1, -0.05) is 18.7 Å². The van der Waals surface area contributed by atoms with E-state index >= 15 is 0 Å². The number of hydrogen-bond donors (Lipinski definition) is 3. The summed E-state index contributed by atoms with van der Waals surface area (Å²) in [6, 6.07) is 11.1. The van der Waals surface area contributed by atoms with Crippen LogP contribution in [0, 0.1) is 5.92 Å². The molecule has 0 saturated carbocycles. The molecule has 0 bridgehead atoms. The maximum Gasteiger partial charge on any atom is 0.319 e. The van der Waals surface area contributed by atoms with Crippen LogP contribution in [0.3, 0.4) is 0 Å². The van der Waals surface area contributed by atoms with Crippen LogP contribution in [0.2, 0.25) is 0 Å². The lowest BCUT2D eigenvalue weighted by Gasteiger charge is -2.34. The Labute approximate surface area is 168 Å². The van der Waals surface area contributed by atoms with Crippen molar-refractivity contribution in [2.24, 2.45) is 5.92 Å². The van der Waals surface area contributed by atoms with E-state index in [0.29, 0.717) is 28.5 Å². The second kappa shape index (κ2) is 8.55. The fourth-order valence-electron chi connectivity index (χ4n) is 3.29. The first kappa shape index (κ1) is 20.1. The zero-order valence-electron chi connectivity index (χ0n) is 16.4. The number of nitrogens with one attached hydrogen (secondary N) is 3. The molecule has 0 radical (unpaired) electrons. The van der Waals surface area contributed by atoms with Gasteiger partial charge >= 0.3 is 6.03 Å². The minimum atomic E-state index is -0.807. The predicted octanol–water partition coefficient (Wildman–Crippen LogP) is 2.83. The molecule has 2 atom stereocenters. The van der Waals surface area contributed by atoms with Crippen molar-refractivity contribution in [1.29, 1.82) is 0 Å². The molecule has 1 aliphatic heterocycles. The van der Waals surface area contributed by atoms with Crippen LogP contribution in [0.4, 0.5) is 10.5 Å². The molecule has 0 unspecified atom stereocenters. The molecule has 152 valence electrons. The first-order chi connectivity index (χ1) is 14.0. The maximum absolute atomic E-state index is 13.2. The van der Waals surface area contributed by atoms with Gasteiger partial charge in [-0.15, -0.1) is 0 Å². The molecular formula is C21H23N3O5. The molecule has 3 N–H and O–H groups in total. The van der Waals surface area contributed by atoms with Crippen LogP contribution in [0.5, 0.6) is 17.2 Å². The smallest absolute Gasteiger partial charge is 0.319 e. The average molecular weight is 397 g/mol.